The standard InChI is InChI=1S/C16H25NO4/c1-3-4-5-6-7-8-9-10-16(20)21-15-12-11-14(19)17(15)13(2)18/h11-12,15H,3-10H2,1-2H3/t15-/m1/s1. The summed E-state index contributed by atoms with van der Waals surface area (Å²) in [5, 5.41) is 0. The third-order valence-electron chi connectivity index (χ3n) is 3.47. The monoisotopic (exact) mass is 295 g/mol. The Morgan fingerprint density at radius 3 is 2.38 bits per heavy atom. The van der Waals surface area contributed by atoms with Gasteiger partial charge in [-0.05, 0) is 12.5 Å². The molecule has 0 aromatic rings. The van der Waals surface area contributed by atoms with E-state index in [0.29, 0.717) is 6.42 Å². The molecule has 1 heterocycles. The summed E-state index contributed by atoms with van der Waals surface area (Å²) in [5.74, 6) is -1.21. The molecule has 0 spiro atoms. The van der Waals surface area contributed by atoms with Crippen molar-refractivity contribution in [1.82, 2.24) is 4.90 Å². The van der Waals surface area contributed by atoms with Crippen molar-refractivity contribution < 1.29 is 19.1 Å². The summed E-state index contributed by atoms with van der Waals surface area (Å²) < 4.78 is 5.16. The Hall–Kier alpha value is -1.65. The highest BCUT2D eigenvalue weighted by Crippen LogP contribution is 2.15. The van der Waals surface area contributed by atoms with E-state index in [1.807, 2.05) is 0 Å². The highest BCUT2D eigenvalue weighted by molar-refractivity contribution is 6.02. The van der Waals surface area contributed by atoms with Crippen LogP contribution < -0.4 is 0 Å². The first-order valence-electron chi connectivity index (χ1n) is 7.77. The van der Waals surface area contributed by atoms with Crippen molar-refractivity contribution >= 4 is 17.8 Å². The second-order valence-corrected chi connectivity index (χ2v) is 5.34. The van der Waals surface area contributed by atoms with Crippen LogP contribution in [0.1, 0.15) is 65.2 Å². The predicted octanol–water partition coefficient (Wildman–Crippen LogP) is 2.94. The van der Waals surface area contributed by atoms with Gasteiger partial charge in [0, 0.05) is 19.4 Å². The molecule has 21 heavy (non-hydrogen) atoms. The normalized spacial score (nSPS) is 17.3. The van der Waals surface area contributed by atoms with E-state index < -0.39 is 18.0 Å². The van der Waals surface area contributed by atoms with Gasteiger partial charge in [0.1, 0.15) is 0 Å². The lowest BCUT2D eigenvalue weighted by Gasteiger charge is -2.21. The molecule has 0 radical (unpaired) electrons. The van der Waals surface area contributed by atoms with Crippen molar-refractivity contribution in [3.8, 4) is 0 Å². The van der Waals surface area contributed by atoms with E-state index >= 15 is 0 Å². The average Bonchev–Trinajstić information content (AvgIpc) is 2.78. The van der Waals surface area contributed by atoms with Gasteiger partial charge in [0.05, 0.1) is 0 Å². The van der Waals surface area contributed by atoms with E-state index in [1.54, 1.807) is 0 Å². The molecular weight excluding hydrogens is 270 g/mol. The van der Waals surface area contributed by atoms with Gasteiger partial charge in [-0.3, -0.25) is 14.4 Å². The SMILES string of the molecule is CCCCCCCCCC(=O)O[C@@H]1C=CC(=O)N1C(C)=O. The van der Waals surface area contributed by atoms with Crippen molar-refractivity contribution in [2.45, 2.75) is 71.4 Å². The van der Waals surface area contributed by atoms with Crippen LogP contribution in [0.25, 0.3) is 0 Å². The zero-order valence-corrected chi connectivity index (χ0v) is 13.0. The van der Waals surface area contributed by atoms with Crippen LogP contribution in [0, 0.1) is 0 Å². The highest BCUT2D eigenvalue weighted by atomic mass is 16.6. The fraction of sp³-hybridized carbons (Fsp3) is 0.688. The molecule has 0 fully saturated rings. The van der Waals surface area contributed by atoms with Gasteiger partial charge in [0.25, 0.3) is 5.91 Å². The molecular formula is C16H25NO4. The lowest BCUT2D eigenvalue weighted by atomic mass is 10.1. The Morgan fingerprint density at radius 1 is 1.14 bits per heavy atom. The number of hydrogen-bond acceptors (Lipinski definition) is 4. The number of amides is 2. The molecule has 2 amide bonds. The topological polar surface area (TPSA) is 63.7 Å². The first-order valence-corrected chi connectivity index (χ1v) is 7.77. The average molecular weight is 295 g/mol. The number of nitrogens with zero attached hydrogens (tertiary/aromatic N) is 1. The number of hydrogen-bond donors (Lipinski definition) is 0. The molecule has 118 valence electrons. The van der Waals surface area contributed by atoms with E-state index in [9.17, 15) is 14.4 Å². The third kappa shape index (κ3) is 6.10. The van der Waals surface area contributed by atoms with Gasteiger partial charge in [0.15, 0.2) is 0 Å². The number of carbonyl (C=O) groups is 3. The fourth-order valence-electron chi connectivity index (χ4n) is 2.30. The number of imide groups is 1. The van der Waals surface area contributed by atoms with Crippen molar-refractivity contribution in [1.29, 1.82) is 0 Å². The van der Waals surface area contributed by atoms with Gasteiger partial charge in [-0.25, -0.2) is 4.90 Å². The zero-order valence-electron chi connectivity index (χ0n) is 13.0. The summed E-state index contributed by atoms with van der Waals surface area (Å²) in [7, 11) is 0. The Bertz CT molecular complexity index is 403. The number of carbonyl (C=O) groups excluding carboxylic acids is 3. The molecule has 1 aliphatic heterocycles. The van der Waals surface area contributed by atoms with Crippen molar-refractivity contribution in [3.63, 3.8) is 0 Å². The number of rotatable bonds is 9. The lowest BCUT2D eigenvalue weighted by Crippen LogP contribution is -2.40. The maximum absolute atomic E-state index is 11.7. The van der Waals surface area contributed by atoms with Crippen LogP contribution >= 0.6 is 0 Å². The zero-order chi connectivity index (χ0) is 15.7. The van der Waals surface area contributed by atoms with E-state index in [4.69, 9.17) is 4.74 Å². The minimum absolute atomic E-state index is 0.331. The van der Waals surface area contributed by atoms with Crippen LogP contribution in [0.5, 0.6) is 0 Å². The Kier molecular flexibility index (Phi) is 7.72. The van der Waals surface area contributed by atoms with Gasteiger partial charge in [-0.1, -0.05) is 45.4 Å². The molecule has 0 saturated carbocycles. The minimum atomic E-state index is -0.868. The van der Waals surface area contributed by atoms with Crippen LogP contribution in [0.2, 0.25) is 0 Å². The third-order valence-corrected chi connectivity index (χ3v) is 3.47. The lowest BCUT2D eigenvalue weighted by molar-refractivity contribution is -0.161. The van der Waals surface area contributed by atoms with E-state index in [2.05, 4.69) is 6.92 Å². The second kappa shape index (κ2) is 9.32. The van der Waals surface area contributed by atoms with Crippen LogP contribution in [0.15, 0.2) is 12.2 Å². The molecule has 0 N–H and O–H groups in total. The van der Waals surface area contributed by atoms with Crippen molar-refractivity contribution in [3.05, 3.63) is 12.2 Å². The van der Waals surface area contributed by atoms with Crippen LogP contribution in [-0.2, 0) is 19.1 Å². The summed E-state index contributed by atoms with van der Waals surface area (Å²) in [4.78, 5) is 35.4. The summed E-state index contributed by atoms with van der Waals surface area (Å²) >= 11 is 0. The Labute approximate surface area is 126 Å². The largest absolute Gasteiger partial charge is 0.437 e. The maximum Gasteiger partial charge on any atom is 0.307 e. The van der Waals surface area contributed by atoms with Crippen LogP contribution in [0.3, 0.4) is 0 Å². The Balaban J connectivity index is 2.17. The van der Waals surface area contributed by atoms with E-state index in [1.165, 1.54) is 44.8 Å². The molecule has 1 rings (SSSR count). The van der Waals surface area contributed by atoms with Crippen LogP contribution in [-0.4, -0.2) is 28.9 Å². The predicted molar refractivity (Wildman–Crippen MR) is 79.2 cm³/mol. The summed E-state index contributed by atoms with van der Waals surface area (Å²) in [6, 6.07) is 0. The van der Waals surface area contributed by atoms with Gasteiger partial charge in [0.2, 0.25) is 12.1 Å². The number of esters is 1. The summed E-state index contributed by atoms with van der Waals surface area (Å²) in [6.45, 7) is 3.46. The molecule has 0 saturated heterocycles. The van der Waals surface area contributed by atoms with Gasteiger partial charge in [-0.2, -0.15) is 0 Å². The smallest absolute Gasteiger partial charge is 0.307 e. The summed E-state index contributed by atoms with van der Waals surface area (Å²) in [5.41, 5.74) is 0. The van der Waals surface area contributed by atoms with E-state index in [-0.39, 0.29) is 5.97 Å². The molecule has 0 bridgehead atoms. The molecule has 0 aliphatic carbocycles. The number of ether oxygens (including phenoxy) is 1. The van der Waals surface area contributed by atoms with Gasteiger partial charge >= 0.3 is 5.97 Å². The maximum atomic E-state index is 11.7. The van der Waals surface area contributed by atoms with Crippen molar-refractivity contribution in [2.75, 3.05) is 0 Å². The van der Waals surface area contributed by atoms with Crippen molar-refractivity contribution in [2.24, 2.45) is 0 Å². The van der Waals surface area contributed by atoms with E-state index in [0.717, 1.165) is 24.2 Å². The second-order valence-electron chi connectivity index (χ2n) is 5.34. The quantitative estimate of drug-likeness (QED) is 0.484. The minimum Gasteiger partial charge on any atom is -0.437 e. The molecule has 5 heteroatoms. The molecule has 0 aromatic carbocycles. The number of unbranched alkanes of at least 4 members (excludes halogenated alkanes) is 6. The molecule has 1 aliphatic rings. The molecule has 0 unspecified atom stereocenters. The molecule has 1 atom stereocenters. The van der Waals surface area contributed by atoms with Crippen LogP contribution in [0.4, 0.5) is 0 Å². The van der Waals surface area contributed by atoms with Gasteiger partial charge < -0.3 is 4.74 Å². The van der Waals surface area contributed by atoms with Gasteiger partial charge in [-0.15, -0.1) is 0 Å². The molecule has 5 nitrogen and oxygen atoms in total. The highest BCUT2D eigenvalue weighted by Gasteiger charge is 2.31. The Morgan fingerprint density at radius 2 is 1.76 bits per heavy atom. The first kappa shape index (κ1) is 17.4. The summed E-state index contributed by atoms with van der Waals surface area (Å²) in [6.07, 6.45) is 10.0. The molecule has 0 aromatic heterocycles. The fourth-order valence-corrected chi connectivity index (χ4v) is 2.30. The first-order chi connectivity index (χ1) is 10.1.